The summed E-state index contributed by atoms with van der Waals surface area (Å²) in [4.78, 5) is 0.308. The van der Waals surface area contributed by atoms with Gasteiger partial charge in [-0.3, -0.25) is 5.10 Å². The van der Waals surface area contributed by atoms with Crippen LogP contribution in [0.3, 0.4) is 0 Å². The summed E-state index contributed by atoms with van der Waals surface area (Å²) in [5, 5.41) is 16.9. The van der Waals surface area contributed by atoms with Crippen molar-refractivity contribution in [1.82, 2.24) is 10.2 Å². The number of aliphatic hydroxyl groups excluding tert-OH is 1. The molecule has 124 valence electrons. The number of nitrogens with zero attached hydrogens (tertiary/aromatic N) is 1. The molecule has 23 heavy (non-hydrogen) atoms. The minimum atomic E-state index is -3.20. The summed E-state index contributed by atoms with van der Waals surface area (Å²) in [7, 11) is -3.20. The van der Waals surface area contributed by atoms with E-state index >= 15 is 0 Å². The predicted molar refractivity (Wildman–Crippen MR) is 88.9 cm³/mol. The van der Waals surface area contributed by atoms with Crippen molar-refractivity contribution in [3.63, 3.8) is 0 Å². The van der Waals surface area contributed by atoms with Crippen molar-refractivity contribution in [2.24, 2.45) is 0 Å². The van der Waals surface area contributed by atoms with Crippen LogP contribution in [0.15, 0.2) is 29.2 Å². The van der Waals surface area contributed by atoms with Crippen molar-refractivity contribution in [3.8, 4) is 11.3 Å². The van der Waals surface area contributed by atoms with Crippen molar-refractivity contribution in [2.75, 3.05) is 6.26 Å². The number of aromatic nitrogens is 2. The van der Waals surface area contributed by atoms with Gasteiger partial charge in [0.1, 0.15) is 0 Å². The van der Waals surface area contributed by atoms with Crippen LogP contribution in [-0.4, -0.2) is 30.0 Å². The summed E-state index contributed by atoms with van der Waals surface area (Å²) < 4.78 is 23.2. The van der Waals surface area contributed by atoms with E-state index in [2.05, 4.69) is 10.2 Å². The fourth-order valence-electron chi connectivity index (χ4n) is 3.43. The van der Waals surface area contributed by atoms with E-state index < -0.39 is 9.84 Å². The SMILES string of the molecule is CS(=O)(=O)c1ccc(-c2[nH]nc(CO)c2C2CCCCC2)cc1. The number of hydrogen-bond acceptors (Lipinski definition) is 4. The number of sulfone groups is 1. The van der Waals surface area contributed by atoms with Gasteiger partial charge in [-0.25, -0.2) is 8.42 Å². The second-order valence-corrected chi connectivity index (χ2v) is 8.26. The van der Waals surface area contributed by atoms with Crippen molar-refractivity contribution in [2.45, 2.75) is 49.5 Å². The normalized spacial score (nSPS) is 16.6. The molecule has 0 unspecified atom stereocenters. The molecule has 1 heterocycles. The Labute approximate surface area is 136 Å². The summed E-state index contributed by atoms with van der Waals surface area (Å²) in [5.74, 6) is 0.411. The fourth-order valence-corrected chi connectivity index (χ4v) is 4.06. The van der Waals surface area contributed by atoms with E-state index in [1.165, 1.54) is 25.5 Å². The topological polar surface area (TPSA) is 83.0 Å². The molecular formula is C17H22N2O3S. The van der Waals surface area contributed by atoms with E-state index in [0.717, 1.165) is 29.7 Å². The highest BCUT2D eigenvalue weighted by Crippen LogP contribution is 2.39. The largest absolute Gasteiger partial charge is 0.390 e. The second kappa shape index (κ2) is 6.45. The first-order valence-corrected chi connectivity index (χ1v) is 9.88. The number of benzene rings is 1. The lowest BCUT2D eigenvalue weighted by Gasteiger charge is -2.23. The number of aromatic amines is 1. The fraction of sp³-hybridized carbons (Fsp3) is 0.471. The summed E-state index contributed by atoms with van der Waals surface area (Å²) in [5.41, 5.74) is 3.62. The van der Waals surface area contributed by atoms with Crippen molar-refractivity contribution in [1.29, 1.82) is 0 Å². The van der Waals surface area contributed by atoms with Crippen LogP contribution in [0.4, 0.5) is 0 Å². The van der Waals surface area contributed by atoms with Gasteiger partial charge < -0.3 is 5.11 Å². The van der Waals surface area contributed by atoms with Crippen LogP contribution >= 0.6 is 0 Å². The molecule has 0 amide bonds. The van der Waals surface area contributed by atoms with Gasteiger partial charge in [0.05, 0.1) is 22.9 Å². The molecule has 1 aromatic heterocycles. The molecule has 2 N–H and O–H groups in total. The van der Waals surface area contributed by atoms with Crippen molar-refractivity contribution in [3.05, 3.63) is 35.5 Å². The van der Waals surface area contributed by atoms with Gasteiger partial charge in [-0.2, -0.15) is 5.10 Å². The minimum Gasteiger partial charge on any atom is -0.390 e. The van der Waals surface area contributed by atoms with E-state index in [1.54, 1.807) is 24.3 Å². The van der Waals surface area contributed by atoms with Gasteiger partial charge in [0.25, 0.3) is 0 Å². The maximum absolute atomic E-state index is 11.6. The van der Waals surface area contributed by atoms with E-state index in [-0.39, 0.29) is 6.61 Å². The molecule has 0 atom stereocenters. The van der Waals surface area contributed by atoms with E-state index in [4.69, 9.17) is 0 Å². The average Bonchev–Trinajstić information content (AvgIpc) is 2.99. The number of nitrogens with one attached hydrogen (secondary N) is 1. The summed E-state index contributed by atoms with van der Waals surface area (Å²) in [6.07, 6.45) is 7.10. The molecule has 1 fully saturated rings. The molecule has 1 aliphatic carbocycles. The van der Waals surface area contributed by atoms with Crippen molar-refractivity contribution < 1.29 is 13.5 Å². The highest BCUT2D eigenvalue weighted by molar-refractivity contribution is 7.90. The summed E-state index contributed by atoms with van der Waals surface area (Å²) >= 11 is 0. The Balaban J connectivity index is 2.01. The molecule has 0 radical (unpaired) electrons. The van der Waals surface area contributed by atoms with Gasteiger partial charge in [0, 0.05) is 11.8 Å². The lowest BCUT2D eigenvalue weighted by atomic mass is 9.82. The molecule has 1 saturated carbocycles. The monoisotopic (exact) mass is 334 g/mol. The van der Waals surface area contributed by atoms with Crippen molar-refractivity contribution >= 4 is 9.84 Å². The maximum atomic E-state index is 11.6. The van der Waals surface area contributed by atoms with Crippen LogP contribution in [0.1, 0.15) is 49.3 Å². The Hall–Kier alpha value is -1.66. The van der Waals surface area contributed by atoms with Gasteiger partial charge in [-0.1, -0.05) is 31.4 Å². The quantitative estimate of drug-likeness (QED) is 0.900. The number of aliphatic hydroxyl groups is 1. The van der Waals surface area contributed by atoms with Crippen LogP contribution in [0.2, 0.25) is 0 Å². The van der Waals surface area contributed by atoms with E-state index in [1.807, 2.05) is 0 Å². The molecule has 3 rings (SSSR count). The van der Waals surface area contributed by atoms with Crippen LogP contribution < -0.4 is 0 Å². The highest BCUT2D eigenvalue weighted by atomic mass is 32.2. The summed E-state index contributed by atoms with van der Waals surface area (Å²) in [6, 6.07) is 6.85. The molecular weight excluding hydrogens is 312 g/mol. The summed E-state index contributed by atoms with van der Waals surface area (Å²) in [6.45, 7) is -0.0796. The number of H-pyrrole nitrogens is 1. The average molecular weight is 334 g/mol. The van der Waals surface area contributed by atoms with Gasteiger partial charge in [0.15, 0.2) is 9.84 Å². The predicted octanol–water partition coefficient (Wildman–Crippen LogP) is 3.02. The van der Waals surface area contributed by atoms with E-state index in [9.17, 15) is 13.5 Å². The standard InChI is InChI=1S/C17H22N2O3S/c1-23(21,22)14-9-7-13(8-10-14)17-16(15(11-20)18-19-17)12-5-3-2-4-6-12/h7-10,12,20H,2-6,11H2,1H3,(H,18,19). The molecule has 0 bridgehead atoms. The van der Waals surface area contributed by atoms with Gasteiger partial charge >= 0.3 is 0 Å². The second-order valence-electron chi connectivity index (χ2n) is 6.25. The number of rotatable bonds is 4. The third-order valence-corrected chi connectivity index (χ3v) is 5.75. The van der Waals surface area contributed by atoms with Crippen LogP contribution in [0, 0.1) is 0 Å². The third-order valence-electron chi connectivity index (χ3n) is 4.62. The molecule has 1 aliphatic rings. The Morgan fingerprint density at radius 3 is 2.39 bits per heavy atom. The smallest absolute Gasteiger partial charge is 0.175 e. The lowest BCUT2D eigenvalue weighted by molar-refractivity contribution is 0.273. The van der Waals surface area contributed by atoms with Crippen LogP contribution in [0.5, 0.6) is 0 Å². The minimum absolute atomic E-state index is 0.0796. The van der Waals surface area contributed by atoms with Crippen LogP contribution in [-0.2, 0) is 16.4 Å². The van der Waals surface area contributed by atoms with Gasteiger partial charge in [-0.05, 0) is 36.5 Å². The zero-order chi connectivity index (χ0) is 16.4. The third kappa shape index (κ3) is 3.33. The van der Waals surface area contributed by atoms with Gasteiger partial charge in [0.2, 0.25) is 0 Å². The molecule has 0 saturated heterocycles. The molecule has 2 aromatic rings. The Morgan fingerprint density at radius 1 is 1.17 bits per heavy atom. The Morgan fingerprint density at radius 2 is 1.83 bits per heavy atom. The van der Waals surface area contributed by atoms with E-state index in [0.29, 0.717) is 16.5 Å². The molecule has 6 heteroatoms. The molecule has 1 aromatic carbocycles. The molecule has 0 spiro atoms. The number of hydrogen-bond donors (Lipinski definition) is 2. The zero-order valence-corrected chi connectivity index (χ0v) is 14.1. The van der Waals surface area contributed by atoms with Gasteiger partial charge in [-0.15, -0.1) is 0 Å². The first kappa shape index (κ1) is 16.2. The lowest BCUT2D eigenvalue weighted by Crippen LogP contribution is -2.07. The highest BCUT2D eigenvalue weighted by Gasteiger charge is 2.24. The Bertz CT molecular complexity index is 773. The Kier molecular flexibility index (Phi) is 4.55. The first-order chi connectivity index (χ1) is 11.0. The first-order valence-electron chi connectivity index (χ1n) is 7.99. The maximum Gasteiger partial charge on any atom is 0.175 e. The van der Waals surface area contributed by atoms with Crippen LogP contribution in [0.25, 0.3) is 11.3 Å². The zero-order valence-electron chi connectivity index (χ0n) is 13.2. The molecule has 5 nitrogen and oxygen atoms in total. The molecule has 0 aliphatic heterocycles.